The van der Waals surface area contributed by atoms with Crippen molar-refractivity contribution in [2.24, 2.45) is 5.92 Å². The van der Waals surface area contributed by atoms with Crippen molar-refractivity contribution >= 4 is 0 Å². The van der Waals surface area contributed by atoms with Crippen molar-refractivity contribution < 1.29 is 0 Å². The molecule has 0 radical (unpaired) electrons. The molecule has 0 fully saturated rings. The molecule has 0 aliphatic heterocycles. The average molecular weight is 289 g/mol. The molecule has 0 unspecified atom stereocenters. The number of rotatable bonds is 12. The maximum absolute atomic E-state index is 2.33. The van der Waals surface area contributed by atoms with E-state index in [2.05, 4.69) is 45.0 Å². The highest BCUT2D eigenvalue weighted by Crippen LogP contribution is 2.15. The Morgan fingerprint density at radius 2 is 1.24 bits per heavy atom. The van der Waals surface area contributed by atoms with Gasteiger partial charge >= 0.3 is 0 Å². The standard InChI is InChI=1S/C21H36/c1-19(2)15-11-9-7-5-4-6-8-10-12-17-21-18-14-13-16-20(21)3/h13-14,16,18-19H,4-12,15,17H2,1-3H3. The van der Waals surface area contributed by atoms with Crippen molar-refractivity contribution in [1.29, 1.82) is 0 Å². The van der Waals surface area contributed by atoms with Gasteiger partial charge in [0.1, 0.15) is 0 Å². The maximum atomic E-state index is 2.33. The molecule has 0 amide bonds. The number of aryl methyl sites for hydroxylation is 2. The first-order valence-electron chi connectivity index (χ1n) is 9.24. The highest BCUT2D eigenvalue weighted by Gasteiger charge is 1.98. The van der Waals surface area contributed by atoms with Gasteiger partial charge in [-0.05, 0) is 36.8 Å². The SMILES string of the molecule is Cc1ccccc1CCCCCCCCCCCC(C)C. The second-order valence-electron chi connectivity index (χ2n) is 7.04. The fourth-order valence-electron chi connectivity index (χ4n) is 3.00. The first-order chi connectivity index (χ1) is 10.2. The van der Waals surface area contributed by atoms with E-state index in [-0.39, 0.29) is 0 Å². The quantitative estimate of drug-likeness (QED) is 0.360. The summed E-state index contributed by atoms with van der Waals surface area (Å²) in [7, 11) is 0. The summed E-state index contributed by atoms with van der Waals surface area (Å²) in [4.78, 5) is 0. The maximum Gasteiger partial charge on any atom is -0.0276 e. The van der Waals surface area contributed by atoms with Gasteiger partial charge in [0.05, 0.1) is 0 Å². The topological polar surface area (TPSA) is 0 Å². The summed E-state index contributed by atoms with van der Waals surface area (Å²) < 4.78 is 0. The van der Waals surface area contributed by atoms with Gasteiger partial charge < -0.3 is 0 Å². The van der Waals surface area contributed by atoms with Crippen LogP contribution in [0.5, 0.6) is 0 Å². The normalized spacial score (nSPS) is 11.2. The minimum atomic E-state index is 0.887. The summed E-state index contributed by atoms with van der Waals surface area (Å²) >= 11 is 0. The third-order valence-corrected chi connectivity index (χ3v) is 4.49. The minimum absolute atomic E-state index is 0.887. The van der Waals surface area contributed by atoms with E-state index in [1.54, 1.807) is 5.56 Å². The van der Waals surface area contributed by atoms with Gasteiger partial charge in [0.15, 0.2) is 0 Å². The summed E-state index contributed by atoms with van der Waals surface area (Å²) in [6.07, 6.45) is 15.6. The molecule has 0 heteroatoms. The number of hydrogen-bond donors (Lipinski definition) is 0. The molecule has 0 spiro atoms. The Morgan fingerprint density at radius 3 is 1.81 bits per heavy atom. The van der Waals surface area contributed by atoms with Gasteiger partial charge in [-0.25, -0.2) is 0 Å². The van der Waals surface area contributed by atoms with Gasteiger partial charge in [0, 0.05) is 0 Å². The Morgan fingerprint density at radius 1 is 0.714 bits per heavy atom. The van der Waals surface area contributed by atoms with Gasteiger partial charge in [-0.2, -0.15) is 0 Å². The molecule has 1 rings (SSSR count). The van der Waals surface area contributed by atoms with Crippen LogP contribution in [0.25, 0.3) is 0 Å². The molecule has 120 valence electrons. The van der Waals surface area contributed by atoms with Crippen LogP contribution in [0.15, 0.2) is 24.3 Å². The van der Waals surface area contributed by atoms with Crippen molar-refractivity contribution in [2.45, 2.75) is 91.4 Å². The lowest BCUT2D eigenvalue weighted by atomic mass is 10.0. The molecule has 0 atom stereocenters. The van der Waals surface area contributed by atoms with Crippen LogP contribution >= 0.6 is 0 Å². The zero-order valence-corrected chi connectivity index (χ0v) is 14.7. The summed E-state index contributed by atoms with van der Waals surface area (Å²) in [5, 5.41) is 0. The molecule has 0 nitrogen and oxygen atoms in total. The molecular weight excluding hydrogens is 252 g/mol. The Labute approximate surface area is 133 Å². The highest BCUT2D eigenvalue weighted by molar-refractivity contribution is 5.25. The van der Waals surface area contributed by atoms with Crippen LogP contribution in [0, 0.1) is 12.8 Å². The summed E-state index contributed by atoms with van der Waals surface area (Å²) in [5.74, 6) is 0.887. The fraction of sp³-hybridized carbons (Fsp3) is 0.714. The van der Waals surface area contributed by atoms with E-state index < -0.39 is 0 Å². The Kier molecular flexibility index (Phi) is 10.3. The second kappa shape index (κ2) is 11.8. The fourth-order valence-corrected chi connectivity index (χ4v) is 3.00. The minimum Gasteiger partial charge on any atom is -0.0628 e. The van der Waals surface area contributed by atoms with Crippen LogP contribution in [0.2, 0.25) is 0 Å². The van der Waals surface area contributed by atoms with E-state index in [9.17, 15) is 0 Å². The molecule has 0 bridgehead atoms. The Hall–Kier alpha value is -0.780. The van der Waals surface area contributed by atoms with Crippen LogP contribution in [0.3, 0.4) is 0 Å². The molecule has 0 aromatic heterocycles. The molecule has 0 aliphatic carbocycles. The van der Waals surface area contributed by atoms with Gasteiger partial charge in [-0.3, -0.25) is 0 Å². The number of hydrogen-bond acceptors (Lipinski definition) is 0. The van der Waals surface area contributed by atoms with E-state index in [1.165, 1.54) is 76.2 Å². The molecule has 0 N–H and O–H groups in total. The molecule has 21 heavy (non-hydrogen) atoms. The van der Waals surface area contributed by atoms with Crippen LogP contribution in [0.4, 0.5) is 0 Å². The van der Waals surface area contributed by atoms with Crippen molar-refractivity contribution in [3.05, 3.63) is 35.4 Å². The zero-order valence-electron chi connectivity index (χ0n) is 14.7. The van der Waals surface area contributed by atoms with Crippen LogP contribution in [-0.2, 0) is 6.42 Å². The van der Waals surface area contributed by atoms with Gasteiger partial charge in [-0.15, -0.1) is 0 Å². The smallest absolute Gasteiger partial charge is 0.0276 e. The van der Waals surface area contributed by atoms with E-state index >= 15 is 0 Å². The largest absolute Gasteiger partial charge is 0.0628 e. The number of benzene rings is 1. The van der Waals surface area contributed by atoms with Crippen LogP contribution in [-0.4, -0.2) is 0 Å². The molecule has 0 saturated carbocycles. The highest BCUT2D eigenvalue weighted by atomic mass is 14.0. The third kappa shape index (κ3) is 9.72. The molecule has 1 aromatic carbocycles. The van der Waals surface area contributed by atoms with Crippen molar-refractivity contribution in [2.75, 3.05) is 0 Å². The predicted octanol–water partition coefficient (Wildman–Crippen LogP) is 7.09. The summed E-state index contributed by atoms with van der Waals surface area (Å²) in [5.41, 5.74) is 3.00. The molecular formula is C21H36. The third-order valence-electron chi connectivity index (χ3n) is 4.49. The van der Waals surface area contributed by atoms with E-state index in [0.717, 1.165) is 5.92 Å². The van der Waals surface area contributed by atoms with Crippen molar-refractivity contribution in [1.82, 2.24) is 0 Å². The van der Waals surface area contributed by atoms with E-state index in [1.807, 2.05) is 0 Å². The van der Waals surface area contributed by atoms with Crippen molar-refractivity contribution in [3.63, 3.8) is 0 Å². The van der Waals surface area contributed by atoms with Gasteiger partial charge in [-0.1, -0.05) is 95.9 Å². The molecule has 0 aliphatic rings. The lowest BCUT2D eigenvalue weighted by molar-refractivity contribution is 0.506. The first kappa shape index (κ1) is 18.3. The predicted molar refractivity (Wildman–Crippen MR) is 95.9 cm³/mol. The summed E-state index contributed by atoms with van der Waals surface area (Å²) in [6.45, 7) is 6.89. The van der Waals surface area contributed by atoms with Gasteiger partial charge in [0.25, 0.3) is 0 Å². The molecule has 1 aromatic rings. The van der Waals surface area contributed by atoms with Gasteiger partial charge in [0.2, 0.25) is 0 Å². The Balaban J connectivity index is 1.86. The summed E-state index contributed by atoms with van der Waals surface area (Å²) in [6, 6.07) is 8.82. The van der Waals surface area contributed by atoms with Crippen molar-refractivity contribution in [3.8, 4) is 0 Å². The molecule has 0 heterocycles. The van der Waals surface area contributed by atoms with E-state index in [0.29, 0.717) is 0 Å². The second-order valence-corrected chi connectivity index (χ2v) is 7.04. The lowest BCUT2D eigenvalue weighted by Gasteiger charge is -2.06. The van der Waals surface area contributed by atoms with E-state index in [4.69, 9.17) is 0 Å². The zero-order chi connectivity index (χ0) is 15.3. The first-order valence-corrected chi connectivity index (χ1v) is 9.24. The number of unbranched alkanes of at least 4 members (excludes halogenated alkanes) is 8. The van der Waals surface area contributed by atoms with Crippen LogP contribution in [0.1, 0.15) is 89.2 Å². The van der Waals surface area contributed by atoms with Crippen LogP contribution < -0.4 is 0 Å². The molecule has 0 saturated heterocycles. The Bertz CT molecular complexity index is 351. The monoisotopic (exact) mass is 288 g/mol. The average Bonchev–Trinajstić information content (AvgIpc) is 2.46. The lowest BCUT2D eigenvalue weighted by Crippen LogP contribution is -1.90.